The van der Waals surface area contributed by atoms with Crippen LogP contribution in [0.3, 0.4) is 0 Å². The van der Waals surface area contributed by atoms with Gasteiger partial charge in [-0.05, 0) is 39.8 Å². The topological polar surface area (TPSA) is 50.4 Å². The van der Waals surface area contributed by atoms with Crippen LogP contribution in [-0.4, -0.2) is 12.0 Å². The summed E-state index contributed by atoms with van der Waals surface area (Å²) in [4.78, 5) is 11.7. The Morgan fingerprint density at radius 3 is 2.47 bits per heavy atom. The Kier molecular flexibility index (Phi) is 3.51. The smallest absolute Gasteiger partial charge is 0.249 e. The minimum absolute atomic E-state index is 0.0268. The first-order valence-corrected chi connectivity index (χ1v) is 6.45. The molecule has 1 heterocycles. The molecule has 2 N–H and O–H groups in total. The summed E-state index contributed by atoms with van der Waals surface area (Å²) in [5, 5.41) is 0. The Labute approximate surface area is 113 Å². The number of para-hydroxylation sites is 1. The van der Waals surface area contributed by atoms with Crippen LogP contribution in [0.4, 0.5) is 0 Å². The molecule has 1 amide bonds. The lowest BCUT2D eigenvalue weighted by Gasteiger charge is -2.16. The Hall–Kier alpha value is -1.97. The van der Waals surface area contributed by atoms with E-state index in [0.717, 1.165) is 17.0 Å². The molecule has 1 fully saturated rings. The molecule has 0 aromatic heterocycles. The average molecular weight is 260 g/mol. The maximum Gasteiger partial charge on any atom is 0.249 e. The first-order chi connectivity index (χ1) is 8.91. The average Bonchev–Trinajstić information content (AvgIpc) is 2.58. The highest BCUT2D eigenvalue weighted by Gasteiger charge is 2.37. The van der Waals surface area contributed by atoms with Gasteiger partial charge >= 0.3 is 0 Å². The van der Waals surface area contributed by atoms with E-state index in [1.54, 1.807) is 0 Å². The fraction of sp³-hybridized carbons (Fsp3) is 0.400. The van der Waals surface area contributed by atoms with Crippen molar-refractivity contribution in [3.05, 3.63) is 35.5 Å². The van der Waals surface area contributed by atoms with Crippen LogP contribution < -0.4 is 15.6 Å². The third kappa shape index (κ3) is 2.72. The highest BCUT2D eigenvalue weighted by molar-refractivity contribution is 5.89. The first kappa shape index (κ1) is 13.5. The maximum atomic E-state index is 11.7. The number of amides is 1. The molecule has 0 bridgehead atoms. The molecular weight excluding hydrogens is 240 g/mol. The van der Waals surface area contributed by atoms with Crippen molar-refractivity contribution in [2.24, 2.45) is 5.41 Å². The lowest BCUT2D eigenvalue weighted by atomic mass is 9.89. The molecule has 1 aromatic rings. The molecule has 2 rings (SSSR count). The number of carbonyl (C=O) groups excluding carboxylic acids is 1. The number of nitrogens with one attached hydrogen (secondary N) is 2. The molecule has 0 saturated carbocycles. The van der Waals surface area contributed by atoms with Crippen molar-refractivity contribution in [1.82, 2.24) is 10.9 Å². The van der Waals surface area contributed by atoms with Gasteiger partial charge in [0.25, 0.3) is 0 Å². The number of ether oxygens (including phenoxy) is 1. The van der Waals surface area contributed by atoms with E-state index in [1.165, 1.54) is 0 Å². The van der Waals surface area contributed by atoms with Gasteiger partial charge in [-0.1, -0.05) is 18.2 Å². The van der Waals surface area contributed by atoms with Crippen LogP contribution in [-0.2, 0) is 4.79 Å². The second-order valence-electron chi connectivity index (χ2n) is 5.47. The van der Waals surface area contributed by atoms with Gasteiger partial charge in [-0.15, -0.1) is 0 Å². The highest BCUT2D eigenvalue weighted by atomic mass is 16.5. The van der Waals surface area contributed by atoms with Crippen LogP contribution >= 0.6 is 0 Å². The van der Waals surface area contributed by atoms with Gasteiger partial charge in [0.2, 0.25) is 5.91 Å². The van der Waals surface area contributed by atoms with Crippen molar-refractivity contribution >= 4 is 12.0 Å². The van der Waals surface area contributed by atoms with E-state index in [9.17, 15) is 4.79 Å². The van der Waals surface area contributed by atoms with Crippen LogP contribution in [0.25, 0.3) is 6.08 Å². The van der Waals surface area contributed by atoms with Crippen molar-refractivity contribution in [2.75, 3.05) is 0 Å². The van der Waals surface area contributed by atoms with Crippen LogP contribution in [0.2, 0.25) is 0 Å². The first-order valence-electron chi connectivity index (χ1n) is 6.45. The second kappa shape index (κ2) is 4.96. The molecule has 0 unspecified atom stereocenters. The summed E-state index contributed by atoms with van der Waals surface area (Å²) in [6.45, 7) is 7.76. The predicted octanol–water partition coefficient (Wildman–Crippen LogP) is 2.48. The zero-order valence-corrected chi connectivity index (χ0v) is 11.8. The molecular formula is C15H20N2O2. The van der Waals surface area contributed by atoms with Crippen molar-refractivity contribution in [3.63, 3.8) is 0 Å². The Morgan fingerprint density at radius 2 is 1.89 bits per heavy atom. The minimum atomic E-state index is -0.551. The lowest BCUT2D eigenvalue weighted by Crippen LogP contribution is -2.28. The SMILES string of the molecule is CC(C)Oc1ccccc1/C=C1\NNC(=O)C1(C)C. The van der Waals surface area contributed by atoms with Gasteiger partial charge in [-0.3, -0.25) is 10.2 Å². The summed E-state index contributed by atoms with van der Waals surface area (Å²) < 4.78 is 5.77. The third-order valence-corrected chi connectivity index (χ3v) is 3.13. The number of carbonyl (C=O) groups is 1. The van der Waals surface area contributed by atoms with E-state index in [0.29, 0.717) is 0 Å². The van der Waals surface area contributed by atoms with Crippen molar-refractivity contribution in [2.45, 2.75) is 33.8 Å². The summed E-state index contributed by atoms with van der Waals surface area (Å²) in [6.07, 6.45) is 2.07. The van der Waals surface area contributed by atoms with E-state index in [1.807, 2.05) is 58.0 Å². The lowest BCUT2D eigenvalue weighted by molar-refractivity contribution is -0.125. The fourth-order valence-corrected chi connectivity index (χ4v) is 1.89. The number of rotatable bonds is 3. The Morgan fingerprint density at radius 1 is 1.21 bits per heavy atom. The summed E-state index contributed by atoms with van der Waals surface area (Å²) in [7, 11) is 0. The Bertz CT molecular complexity index is 519. The van der Waals surface area contributed by atoms with E-state index in [4.69, 9.17) is 4.74 Å². The van der Waals surface area contributed by atoms with Gasteiger partial charge in [0, 0.05) is 11.3 Å². The highest BCUT2D eigenvalue weighted by Crippen LogP contribution is 2.31. The molecule has 0 spiro atoms. The van der Waals surface area contributed by atoms with Gasteiger partial charge in [-0.25, -0.2) is 0 Å². The quantitative estimate of drug-likeness (QED) is 0.877. The number of benzene rings is 1. The molecule has 102 valence electrons. The van der Waals surface area contributed by atoms with Crippen molar-refractivity contribution < 1.29 is 9.53 Å². The van der Waals surface area contributed by atoms with Crippen molar-refractivity contribution in [3.8, 4) is 5.75 Å². The van der Waals surface area contributed by atoms with Gasteiger partial charge in [0.15, 0.2) is 0 Å². The van der Waals surface area contributed by atoms with Gasteiger partial charge < -0.3 is 10.2 Å². The molecule has 1 saturated heterocycles. The molecule has 0 atom stereocenters. The molecule has 1 aliphatic heterocycles. The van der Waals surface area contributed by atoms with E-state index < -0.39 is 5.41 Å². The second-order valence-corrected chi connectivity index (χ2v) is 5.47. The fourth-order valence-electron chi connectivity index (χ4n) is 1.89. The van der Waals surface area contributed by atoms with Gasteiger partial charge in [0.05, 0.1) is 11.5 Å². The third-order valence-electron chi connectivity index (χ3n) is 3.13. The van der Waals surface area contributed by atoms with Crippen molar-refractivity contribution in [1.29, 1.82) is 0 Å². The van der Waals surface area contributed by atoms with E-state index in [2.05, 4.69) is 10.9 Å². The van der Waals surface area contributed by atoms with Crippen LogP contribution in [0.1, 0.15) is 33.3 Å². The normalized spacial score (nSPS) is 19.4. The van der Waals surface area contributed by atoms with Crippen LogP contribution in [0, 0.1) is 5.41 Å². The summed E-state index contributed by atoms with van der Waals surface area (Å²) in [5.41, 5.74) is 6.83. The summed E-state index contributed by atoms with van der Waals surface area (Å²) >= 11 is 0. The maximum absolute atomic E-state index is 11.7. The number of hydrazine groups is 1. The van der Waals surface area contributed by atoms with Gasteiger partial charge in [-0.2, -0.15) is 0 Å². The monoisotopic (exact) mass is 260 g/mol. The van der Waals surface area contributed by atoms with Crippen LogP contribution in [0.5, 0.6) is 5.75 Å². The summed E-state index contributed by atoms with van der Waals surface area (Å²) in [5.74, 6) is 0.794. The Balaban J connectivity index is 2.36. The summed E-state index contributed by atoms with van der Waals surface area (Å²) in [6, 6.07) is 7.81. The zero-order valence-electron chi connectivity index (χ0n) is 11.8. The zero-order chi connectivity index (χ0) is 14.0. The molecule has 1 aromatic carbocycles. The molecule has 19 heavy (non-hydrogen) atoms. The minimum Gasteiger partial charge on any atom is -0.490 e. The van der Waals surface area contributed by atoms with E-state index >= 15 is 0 Å². The predicted molar refractivity (Wildman–Crippen MR) is 75.2 cm³/mol. The van der Waals surface area contributed by atoms with Crippen LogP contribution in [0.15, 0.2) is 30.0 Å². The molecule has 0 aliphatic carbocycles. The molecule has 4 nitrogen and oxygen atoms in total. The molecule has 1 aliphatic rings. The van der Waals surface area contributed by atoms with Gasteiger partial charge in [0.1, 0.15) is 5.75 Å². The molecule has 4 heteroatoms. The van der Waals surface area contributed by atoms with E-state index in [-0.39, 0.29) is 12.0 Å². The number of hydrogen-bond acceptors (Lipinski definition) is 3. The standard InChI is InChI=1S/C15H20N2O2/c1-10(2)19-12-8-6-5-7-11(12)9-13-15(3,4)14(18)17-16-13/h5-10,16H,1-4H3,(H,17,18)/b13-9-. The molecule has 0 radical (unpaired) electrons. The largest absolute Gasteiger partial charge is 0.490 e. The number of hydrogen-bond donors (Lipinski definition) is 2.